The number of nitrogens with one attached hydrogen (secondary N) is 1. The van der Waals surface area contributed by atoms with Crippen molar-refractivity contribution in [1.29, 1.82) is 0 Å². The maximum absolute atomic E-state index is 5.79. The van der Waals surface area contributed by atoms with Gasteiger partial charge in [-0.15, -0.1) is 0 Å². The monoisotopic (exact) mass is 405 g/mol. The molecule has 4 nitrogen and oxygen atoms in total. The van der Waals surface area contributed by atoms with E-state index in [9.17, 15) is 0 Å². The number of aryl methyl sites for hydroxylation is 2. The second-order valence-corrected chi connectivity index (χ2v) is 9.64. The molecule has 3 aromatic rings. The molecule has 1 aliphatic carbocycles. The Bertz CT molecular complexity index is 1010. The highest BCUT2D eigenvalue weighted by atomic mass is 16.5. The molecule has 1 fully saturated rings. The lowest BCUT2D eigenvalue weighted by Gasteiger charge is -2.33. The van der Waals surface area contributed by atoms with Crippen LogP contribution in [0.15, 0.2) is 36.4 Å². The minimum absolute atomic E-state index is 0.175. The van der Waals surface area contributed by atoms with Gasteiger partial charge in [0.25, 0.3) is 0 Å². The number of ether oxygens (including phenoxy) is 1. The third-order valence-electron chi connectivity index (χ3n) is 6.13. The van der Waals surface area contributed by atoms with E-state index in [2.05, 4.69) is 61.8 Å². The highest BCUT2D eigenvalue weighted by molar-refractivity contribution is 5.83. The molecular formula is C26H35N3O. The van der Waals surface area contributed by atoms with Crippen molar-refractivity contribution in [3.63, 3.8) is 0 Å². The molecule has 2 aromatic carbocycles. The van der Waals surface area contributed by atoms with Gasteiger partial charge in [-0.1, -0.05) is 19.9 Å². The smallest absolute Gasteiger partial charge is 0.208 e. The van der Waals surface area contributed by atoms with Gasteiger partial charge in [-0.2, -0.15) is 0 Å². The zero-order valence-corrected chi connectivity index (χ0v) is 19.2. The van der Waals surface area contributed by atoms with E-state index in [1.54, 1.807) is 0 Å². The summed E-state index contributed by atoms with van der Waals surface area (Å²) in [5, 5.41) is 3.61. The van der Waals surface area contributed by atoms with E-state index in [1.165, 1.54) is 35.9 Å². The number of hydrogen-bond donors (Lipinski definition) is 1. The minimum atomic E-state index is 0.175. The Morgan fingerprint density at radius 1 is 1.00 bits per heavy atom. The molecule has 30 heavy (non-hydrogen) atoms. The van der Waals surface area contributed by atoms with Crippen molar-refractivity contribution in [2.24, 2.45) is 11.8 Å². The summed E-state index contributed by atoms with van der Waals surface area (Å²) in [6.45, 7) is 13.2. The predicted octanol–water partition coefficient (Wildman–Crippen LogP) is 7.18. The van der Waals surface area contributed by atoms with Gasteiger partial charge in [0.15, 0.2) is 0 Å². The molecule has 4 heteroatoms. The van der Waals surface area contributed by atoms with Crippen LogP contribution in [0.3, 0.4) is 0 Å². The van der Waals surface area contributed by atoms with Gasteiger partial charge < -0.3 is 14.6 Å². The fraction of sp³-hybridized carbons (Fsp3) is 0.500. The van der Waals surface area contributed by atoms with Crippen LogP contribution in [0.4, 0.5) is 11.6 Å². The number of aromatic nitrogens is 2. The lowest BCUT2D eigenvalue weighted by atomic mass is 9.80. The van der Waals surface area contributed by atoms with E-state index in [-0.39, 0.29) is 6.10 Å². The molecule has 0 aliphatic heterocycles. The Morgan fingerprint density at radius 3 is 2.30 bits per heavy atom. The van der Waals surface area contributed by atoms with E-state index in [4.69, 9.17) is 9.72 Å². The zero-order chi connectivity index (χ0) is 21.4. The Labute approximate surface area is 180 Å². The van der Waals surface area contributed by atoms with Gasteiger partial charge in [0.2, 0.25) is 5.95 Å². The van der Waals surface area contributed by atoms with E-state index in [0.29, 0.717) is 6.04 Å². The maximum atomic E-state index is 5.79. The first-order valence-corrected chi connectivity index (χ1v) is 11.3. The van der Waals surface area contributed by atoms with E-state index in [1.807, 2.05) is 26.0 Å². The van der Waals surface area contributed by atoms with Crippen molar-refractivity contribution in [2.45, 2.75) is 73.0 Å². The summed E-state index contributed by atoms with van der Waals surface area (Å²) in [5.41, 5.74) is 5.92. The highest BCUT2D eigenvalue weighted by Gasteiger charge is 2.28. The molecule has 0 amide bonds. The molecule has 1 N–H and O–H groups in total. The second-order valence-electron chi connectivity index (χ2n) is 9.64. The number of nitrogens with zero attached hydrogens (tertiary/aromatic N) is 2. The van der Waals surface area contributed by atoms with Gasteiger partial charge in [-0.25, -0.2) is 4.98 Å². The third kappa shape index (κ3) is 4.33. The summed E-state index contributed by atoms with van der Waals surface area (Å²) >= 11 is 0. The van der Waals surface area contributed by atoms with Gasteiger partial charge in [-0.05, 0) is 100 Å². The Balaban J connectivity index is 1.74. The summed E-state index contributed by atoms with van der Waals surface area (Å²) < 4.78 is 8.26. The van der Waals surface area contributed by atoms with Crippen LogP contribution in [0, 0.1) is 25.7 Å². The summed E-state index contributed by atoms with van der Waals surface area (Å²) in [6.07, 6.45) is 3.91. The maximum Gasteiger partial charge on any atom is 0.208 e. The van der Waals surface area contributed by atoms with Gasteiger partial charge in [0, 0.05) is 11.7 Å². The third-order valence-corrected chi connectivity index (χ3v) is 6.13. The van der Waals surface area contributed by atoms with Gasteiger partial charge in [0.1, 0.15) is 5.75 Å². The topological polar surface area (TPSA) is 39.1 Å². The van der Waals surface area contributed by atoms with Gasteiger partial charge in [-0.3, -0.25) is 0 Å². The molecule has 0 bridgehead atoms. The van der Waals surface area contributed by atoms with Crippen molar-refractivity contribution in [2.75, 3.05) is 5.32 Å². The fourth-order valence-electron chi connectivity index (χ4n) is 5.13. The number of anilines is 2. The molecule has 2 unspecified atom stereocenters. The highest BCUT2D eigenvalue weighted by Crippen LogP contribution is 2.40. The molecule has 0 radical (unpaired) electrons. The van der Waals surface area contributed by atoms with Crippen LogP contribution in [0.5, 0.6) is 5.75 Å². The molecule has 160 valence electrons. The number of rotatable bonds is 5. The lowest BCUT2D eigenvalue weighted by Crippen LogP contribution is -2.23. The van der Waals surface area contributed by atoms with Crippen molar-refractivity contribution >= 4 is 22.7 Å². The van der Waals surface area contributed by atoms with Crippen molar-refractivity contribution in [3.05, 3.63) is 47.5 Å². The average Bonchev–Trinajstić information content (AvgIpc) is 3.00. The van der Waals surface area contributed by atoms with E-state index < -0.39 is 0 Å². The molecular weight excluding hydrogens is 370 g/mol. The molecule has 0 spiro atoms. The normalized spacial score (nSPS) is 21.9. The first-order chi connectivity index (χ1) is 14.3. The average molecular weight is 406 g/mol. The van der Waals surface area contributed by atoms with Crippen LogP contribution < -0.4 is 10.1 Å². The van der Waals surface area contributed by atoms with Crippen LogP contribution in [0.2, 0.25) is 0 Å². The number of benzene rings is 2. The largest absolute Gasteiger partial charge is 0.491 e. The number of imidazole rings is 1. The van der Waals surface area contributed by atoms with Crippen molar-refractivity contribution in [1.82, 2.24) is 9.55 Å². The molecule has 1 heterocycles. The van der Waals surface area contributed by atoms with E-state index >= 15 is 0 Å². The summed E-state index contributed by atoms with van der Waals surface area (Å²) in [6, 6.07) is 13.2. The second kappa shape index (κ2) is 8.33. The molecule has 1 aromatic heterocycles. The Morgan fingerprint density at radius 2 is 1.67 bits per heavy atom. The predicted molar refractivity (Wildman–Crippen MR) is 126 cm³/mol. The zero-order valence-electron chi connectivity index (χ0n) is 19.2. The molecule has 1 aliphatic rings. The summed E-state index contributed by atoms with van der Waals surface area (Å²) in [4.78, 5) is 5.07. The van der Waals surface area contributed by atoms with Crippen LogP contribution >= 0.6 is 0 Å². The minimum Gasteiger partial charge on any atom is -0.491 e. The number of hydrogen-bond acceptors (Lipinski definition) is 3. The quantitative estimate of drug-likeness (QED) is 0.488. The van der Waals surface area contributed by atoms with Crippen LogP contribution in [-0.2, 0) is 0 Å². The standard InChI is InChI=1S/C26H35N3O/c1-16(2)30-23-9-7-21(8-10-23)27-26-28-25-20(6)12-19(5)15-24(25)29(26)22-13-17(3)11-18(4)14-22/h7-10,12,15-18,22H,11,13-14H2,1-6H3,(H,27,28). The van der Waals surface area contributed by atoms with Crippen LogP contribution in [0.25, 0.3) is 11.0 Å². The van der Waals surface area contributed by atoms with Crippen molar-refractivity contribution in [3.8, 4) is 5.75 Å². The van der Waals surface area contributed by atoms with Crippen LogP contribution in [0.1, 0.15) is 64.1 Å². The number of fused-ring (bicyclic) bond motifs is 1. The van der Waals surface area contributed by atoms with Crippen LogP contribution in [-0.4, -0.2) is 15.7 Å². The van der Waals surface area contributed by atoms with Crippen molar-refractivity contribution < 1.29 is 4.74 Å². The summed E-state index contributed by atoms with van der Waals surface area (Å²) in [7, 11) is 0. The molecule has 1 saturated carbocycles. The summed E-state index contributed by atoms with van der Waals surface area (Å²) in [5.74, 6) is 3.32. The fourth-order valence-corrected chi connectivity index (χ4v) is 5.13. The van der Waals surface area contributed by atoms with Gasteiger partial charge >= 0.3 is 0 Å². The SMILES string of the molecule is Cc1cc(C)c2nc(Nc3ccc(OC(C)C)cc3)n(C3CC(C)CC(C)C3)c2c1. The first-order valence-electron chi connectivity index (χ1n) is 11.3. The first kappa shape index (κ1) is 20.8. The Kier molecular flexibility index (Phi) is 5.77. The lowest BCUT2D eigenvalue weighted by molar-refractivity contribution is 0.226. The molecule has 4 rings (SSSR count). The van der Waals surface area contributed by atoms with Gasteiger partial charge in [0.05, 0.1) is 17.1 Å². The van der Waals surface area contributed by atoms with E-state index in [0.717, 1.165) is 34.7 Å². The molecule has 2 atom stereocenters. The Hall–Kier alpha value is -2.49. The molecule has 0 saturated heterocycles.